The van der Waals surface area contributed by atoms with E-state index in [1.807, 2.05) is 12.4 Å². The SMILES string of the molecule is CCCCCCCCc1cnc(-c2ccc3c(c2)CC(C)C3)nc1. The van der Waals surface area contributed by atoms with E-state index in [1.165, 1.54) is 68.1 Å². The Labute approximate surface area is 146 Å². The first-order chi connectivity index (χ1) is 11.8. The molecule has 2 heteroatoms. The van der Waals surface area contributed by atoms with Crippen LogP contribution in [0.3, 0.4) is 0 Å². The zero-order valence-corrected chi connectivity index (χ0v) is 15.2. The molecule has 1 aromatic carbocycles. The number of nitrogens with zero attached hydrogens (tertiary/aromatic N) is 2. The Morgan fingerprint density at radius 1 is 0.917 bits per heavy atom. The number of hydrogen-bond donors (Lipinski definition) is 0. The third-order valence-corrected chi connectivity index (χ3v) is 5.13. The maximum atomic E-state index is 4.61. The molecular formula is C22H30N2. The normalized spacial score (nSPS) is 16.3. The van der Waals surface area contributed by atoms with Crippen LogP contribution in [0.15, 0.2) is 30.6 Å². The van der Waals surface area contributed by atoms with Gasteiger partial charge in [0.2, 0.25) is 0 Å². The summed E-state index contributed by atoms with van der Waals surface area (Å²) in [5.74, 6) is 1.64. The van der Waals surface area contributed by atoms with Crippen LogP contribution in [0.4, 0.5) is 0 Å². The molecule has 1 heterocycles. The van der Waals surface area contributed by atoms with Crippen molar-refractivity contribution in [3.8, 4) is 11.4 Å². The highest BCUT2D eigenvalue weighted by molar-refractivity contribution is 5.58. The number of hydrogen-bond acceptors (Lipinski definition) is 2. The van der Waals surface area contributed by atoms with Gasteiger partial charge in [-0.2, -0.15) is 0 Å². The molecule has 0 fully saturated rings. The van der Waals surface area contributed by atoms with Gasteiger partial charge in [-0.05, 0) is 54.4 Å². The second-order valence-corrected chi connectivity index (χ2v) is 7.43. The van der Waals surface area contributed by atoms with Crippen molar-refractivity contribution in [1.82, 2.24) is 9.97 Å². The zero-order chi connectivity index (χ0) is 16.8. The molecule has 0 saturated heterocycles. The number of fused-ring (bicyclic) bond motifs is 1. The van der Waals surface area contributed by atoms with E-state index in [-0.39, 0.29) is 0 Å². The minimum atomic E-state index is 0.774. The predicted molar refractivity (Wildman–Crippen MR) is 101 cm³/mol. The monoisotopic (exact) mass is 322 g/mol. The van der Waals surface area contributed by atoms with Crippen LogP contribution >= 0.6 is 0 Å². The Hall–Kier alpha value is -1.70. The van der Waals surface area contributed by atoms with Gasteiger partial charge in [-0.3, -0.25) is 0 Å². The predicted octanol–water partition coefficient (Wildman–Crippen LogP) is 5.78. The summed E-state index contributed by atoms with van der Waals surface area (Å²) in [7, 11) is 0. The van der Waals surface area contributed by atoms with Crippen molar-refractivity contribution in [3.05, 3.63) is 47.3 Å². The van der Waals surface area contributed by atoms with Gasteiger partial charge in [0.05, 0.1) is 0 Å². The van der Waals surface area contributed by atoms with E-state index in [0.717, 1.165) is 23.7 Å². The summed E-state index contributed by atoms with van der Waals surface area (Å²) in [6, 6.07) is 6.74. The molecule has 0 radical (unpaired) electrons. The molecule has 0 amide bonds. The first-order valence-electron chi connectivity index (χ1n) is 9.69. The fraction of sp³-hybridized carbons (Fsp3) is 0.545. The van der Waals surface area contributed by atoms with Crippen LogP contribution in [0, 0.1) is 5.92 Å². The van der Waals surface area contributed by atoms with Crippen molar-refractivity contribution in [2.24, 2.45) is 5.92 Å². The maximum absolute atomic E-state index is 4.61. The number of aromatic nitrogens is 2. The average molecular weight is 322 g/mol. The first-order valence-corrected chi connectivity index (χ1v) is 9.69. The van der Waals surface area contributed by atoms with E-state index < -0.39 is 0 Å². The Bertz CT molecular complexity index is 646. The van der Waals surface area contributed by atoms with Gasteiger partial charge in [-0.15, -0.1) is 0 Å². The van der Waals surface area contributed by atoms with E-state index >= 15 is 0 Å². The van der Waals surface area contributed by atoms with Crippen LogP contribution in [0.2, 0.25) is 0 Å². The smallest absolute Gasteiger partial charge is 0.159 e. The van der Waals surface area contributed by atoms with Crippen molar-refractivity contribution in [1.29, 1.82) is 0 Å². The van der Waals surface area contributed by atoms with Crippen LogP contribution in [-0.4, -0.2) is 9.97 Å². The summed E-state index contributed by atoms with van der Waals surface area (Å²) in [5, 5.41) is 0. The van der Waals surface area contributed by atoms with Gasteiger partial charge < -0.3 is 0 Å². The lowest BCUT2D eigenvalue weighted by Gasteiger charge is -2.05. The van der Waals surface area contributed by atoms with E-state index in [1.54, 1.807) is 0 Å². The van der Waals surface area contributed by atoms with Crippen LogP contribution in [-0.2, 0) is 19.3 Å². The quantitative estimate of drug-likeness (QED) is 0.576. The Morgan fingerprint density at radius 2 is 1.62 bits per heavy atom. The summed E-state index contributed by atoms with van der Waals surface area (Å²) in [4.78, 5) is 9.22. The highest BCUT2D eigenvalue weighted by Crippen LogP contribution is 2.29. The largest absolute Gasteiger partial charge is 0.236 e. The van der Waals surface area contributed by atoms with Crippen LogP contribution in [0.1, 0.15) is 69.1 Å². The lowest BCUT2D eigenvalue weighted by molar-refractivity contribution is 0.607. The lowest BCUT2D eigenvalue weighted by atomic mass is 10.1. The van der Waals surface area contributed by atoms with E-state index in [9.17, 15) is 0 Å². The molecule has 1 atom stereocenters. The number of rotatable bonds is 8. The molecule has 24 heavy (non-hydrogen) atoms. The molecule has 1 aliphatic carbocycles. The van der Waals surface area contributed by atoms with Gasteiger partial charge in [0.15, 0.2) is 5.82 Å². The van der Waals surface area contributed by atoms with Gasteiger partial charge in [0, 0.05) is 18.0 Å². The molecule has 2 nitrogen and oxygen atoms in total. The molecule has 0 bridgehead atoms. The average Bonchev–Trinajstić information content (AvgIpc) is 2.97. The molecule has 0 aliphatic heterocycles. The second-order valence-electron chi connectivity index (χ2n) is 7.43. The summed E-state index contributed by atoms with van der Waals surface area (Å²) in [6.07, 6.45) is 15.6. The first kappa shape index (κ1) is 17.1. The van der Waals surface area contributed by atoms with E-state index in [4.69, 9.17) is 0 Å². The maximum Gasteiger partial charge on any atom is 0.159 e. The van der Waals surface area contributed by atoms with Crippen LogP contribution in [0.25, 0.3) is 11.4 Å². The molecular weight excluding hydrogens is 292 g/mol. The molecule has 1 unspecified atom stereocenters. The number of unbranched alkanes of at least 4 members (excludes halogenated alkanes) is 5. The number of aryl methyl sites for hydroxylation is 1. The summed E-state index contributed by atoms with van der Waals surface area (Å²) in [5.41, 5.74) is 5.42. The van der Waals surface area contributed by atoms with Gasteiger partial charge >= 0.3 is 0 Å². The standard InChI is InChI=1S/C22H30N2/c1-3-4-5-6-7-8-9-18-15-23-22(24-16-18)20-11-10-19-12-17(2)13-21(19)14-20/h10-11,14-17H,3-9,12-13H2,1-2H3. The van der Waals surface area contributed by atoms with Crippen molar-refractivity contribution in [2.45, 2.75) is 71.6 Å². The van der Waals surface area contributed by atoms with Gasteiger partial charge in [0.25, 0.3) is 0 Å². The third-order valence-electron chi connectivity index (χ3n) is 5.13. The van der Waals surface area contributed by atoms with Crippen molar-refractivity contribution >= 4 is 0 Å². The molecule has 2 aromatic rings. The van der Waals surface area contributed by atoms with Crippen molar-refractivity contribution in [3.63, 3.8) is 0 Å². The minimum absolute atomic E-state index is 0.774. The molecule has 3 rings (SSSR count). The molecule has 0 saturated carbocycles. The van der Waals surface area contributed by atoms with Gasteiger partial charge in [0.1, 0.15) is 0 Å². The Balaban J connectivity index is 1.54. The zero-order valence-electron chi connectivity index (χ0n) is 15.2. The minimum Gasteiger partial charge on any atom is -0.236 e. The molecule has 1 aromatic heterocycles. The van der Waals surface area contributed by atoms with Gasteiger partial charge in [-0.25, -0.2) is 9.97 Å². The lowest BCUT2D eigenvalue weighted by Crippen LogP contribution is -1.94. The summed E-state index contributed by atoms with van der Waals surface area (Å²) < 4.78 is 0. The Kier molecular flexibility index (Phi) is 6.01. The summed E-state index contributed by atoms with van der Waals surface area (Å²) >= 11 is 0. The van der Waals surface area contributed by atoms with Crippen LogP contribution in [0.5, 0.6) is 0 Å². The molecule has 0 spiro atoms. The second kappa shape index (κ2) is 8.41. The highest BCUT2D eigenvalue weighted by Gasteiger charge is 2.18. The topological polar surface area (TPSA) is 25.8 Å². The van der Waals surface area contributed by atoms with E-state index in [2.05, 4.69) is 42.0 Å². The van der Waals surface area contributed by atoms with Crippen molar-refractivity contribution < 1.29 is 0 Å². The highest BCUT2D eigenvalue weighted by atomic mass is 14.9. The van der Waals surface area contributed by atoms with Gasteiger partial charge in [-0.1, -0.05) is 58.1 Å². The van der Waals surface area contributed by atoms with Crippen LogP contribution < -0.4 is 0 Å². The Morgan fingerprint density at radius 3 is 2.42 bits per heavy atom. The fourth-order valence-electron chi connectivity index (χ4n) is 3.72. The van der Waals surface area contributed by atoms with E-state index in [0.29, 0.717) is 0 Å². The molecule has 0 N–H and O–H groups in total. The fourth-order valence-corrected chi connectivity index (χ4v) is 3.72. The number of benzene rings is 1. The molecule has 1 aliphatic rings. The van der Waals surface area contributed by atoms with Crippen molar-refractivity contribution in [2.75, 3.05) is 0 Å². The molecule has 128 valence electrons. The summed E-state index contributed by atoms with van der Waals surface area (Å²) in [6.45, 7) is 4.59. The third kappa shape index (κ3) is 4.43.